The standard InChI is InChI=1S/C15H25N5O2S/c1-11(12(21)17-13(22)18-15(2,3)4)19-6-8-20(9-7-19)14-16-5-10-23-14/h5,10-11H,6-9H2,1-4H3,(H2,17,18,21,22). The summed E-state index contributed by atoms with van der Waals surface area (Å²) in [5, 5.41) is 8.13. The van der Waals surface area contributed by atoms with Gasteiger partial charge in [-0.25, -0.2) is 9.78 Å². The molecule has 0 radical (unpaired) electrons. The van der Waals surface area contributed by atoms with Gasteiger partial charge in [-0.05, 0) is 27.7 Å². The van der Waals surface area contributed by atoms with Crippen molar-refractivity contribution in [1.29, 1.82) is 0 Å². The Kier molecular flexibility index (Phi) is 5.59. The first-order valence-electron chi connectivity index (χ1n) is 7.78. The molecular formula is C15H25N5O2S. The molecule has 7 nitrogen and oxygen atoms in total. The van der Waals surface area contributed by atoms with Crippen LogP contribution in [-0.2, 0) is 4.79 Å². The lowest BCUT2D eigenvalue weighted by Crippen LogP contribution is -2.56. The molecule has 23 heavy (non-hydrogen) atoms. The maximum Gasteiger partial charge on any atom is 0.321 e. The number of amides is 3. The first-order chi connectivity index (χ1) is 10.8. The van der Waals surface area contributed by atoms with Gasteiger partial charge in [0.1, 0.15) is 0 Å². The Balaban J connectivity index is 1.81. The third-order valence-electron chi connectivity index (χ3n) is 3.66. The van der Waals surface area contributed by atoms with Gasteiger partial charge < -0.3 is 10.2 Å². The Morgan fingerprint density at radius 1 is 1.26 bits per heavy atom. The van der Waals surface area contributed by atoms with E-state index in [9.17, 15) is 9.59 Å². The van der Waals surface area contributed by atoms with E-state index >= 15 is 0 Å². The maximum absolute atomic E-state index is 12.2. The Morgan fingerprint density at radius 3 is 2.43 bits per heavy atom. The van der Waals surface area contributed by atoms with E-state index in [0.717, 1.165) is 31.3 Å². The molecule has 1 fully saturated rings. The number of imide groups is 1. The zero-order chi connectivity index (χ0) is 17.0. The number of thiazole rings is 1. The highest BCUT2D eigenvalue weighted by Gasteiger charge is 2.27. The molecule has 2 rings (SSSR count). The number of hydrogen-bond donors (Lipinski definition) is 2. The molecule has 1 atom stereocenters. The summed E-state index contributed by atoms with van der Waals surface area (Å²) in [7, 11) is 0. The Morgan fingerprint density at radius 2 is 1.91 bits per heavy atom. The molecular weight excluding hydrogens is 314 g/mol. The van der Waals surface area contributed by atoms with Crippen LogP contribution in [-0.4, -0.2) is 59.6 Å². The molecule has 1 aliphatic rings. The minimum Gasteiger partial charge on any atom is -0.346 e. The molecule has 8 heteroatoms. The van der Waals surface area contributed by atoms with Crippen molar-refractivity contribution in [2.45, 2.75) is 39.3 Å². The van der Waals surface area contributed by atoms with Crippen LogP contribution in [0.3, 0.4) is 0 Å². The van der Waals surface area contributed by atoms with Gasteiger partial charge in [0.15, 0.2) is 5.13 Å². The number of nitrogens with one attached hydrogen (secondary N) is 2. The molecule has 0 aromatic carbocycles. The minimum absolute atomic E-state index is 0.269. The van der Waals surface area contributed by atoms with Gasteiger partial charge in [0.25, 0.3) is 0 Å². The van der Waals surface area contributed by atoms with E-state index in [2.05, 4.69) is 25.4 Å². The summed E-state index contributed by atoms with van der Waals surface area (Å²) in [6.45, 7) is 10.7. The maximum atomic E-state index is 12.2. The summed E-state index contributed by atoms with van der Waals surface area (Å²) >= 11 is 1.62. The van der Waals surface area contributed by atoms with Gasteiger partial charge in [-0.1, -0.05) is 0 Å². The van der Waals surface area contributed by atoms with Gasteiger partial charge in [-0.3, -0.25) is 15.0 Å². The summed E-state index contributed by atoms with van der Waals surface area (Å²) in [5.74, 6) is -0.269. The number of urea groups is 1. The lowest BCUT2D eigenvalue weighted by atomic mass is 10.1. The largest absolute Gasteiger partial charge is 0.346 e. The number of nitrogens with zero attached hydrogens (tertiary/aromatic N) is 3. The molecule has 128 valence electrons. The second-order valence-electron chi connectivity index (χ2n) is 6.71. The second kappa shape index (κ2) is 7.27. The van der Waals surface area contributed by atoms with Crippen LogP contribution in [0.5, 0.6) is 0 Å². The zero-order valence-electron chi connectivity index (χ0n) is 14.1. The van der Waals surface area contributed by atoms with Gasteiger partial charge in [0.05, 0.1) is 6.04 Å². The molecule has 0 saturated carbocycles. The van der Waals surface area contributed by atoms with Gasteiger partial charge >= 0.3 is 6.03 Å². The fourth-order valence-electron chi connectivity index (χ4n) is 2.43. The van der Waals surface area contributed by atoms with Crippen molar-refractivity contribution in [2.24, 2.45) is 0 Å². The average molecular weight is 339 g/mol. The fraction of sp³-hybridized carbons (Fsp3) is 0.667. The van der Waals surface area contributed by atoms with Gasteiger partial charge in [-0.15, -0.1) is 11.3 Å². The minimum atomic E-state index is -0.448. The van der Waals surface area contributed by atoms with Crippen molar-refractivity contribution in [3.63, 3.8) is 0 Å². The van der Waals surface area contributed by atoms with Crippen LogP contribution in [0, 0.1) is 0 Å². The van der Waals surface area contributed by atoms with Crippen molar-refractivity contribution in [3.8, 4) is 0 Å². The summed E-state index contributed by atoms with van der Waals surface area (Å²) in [6.07, 6.45) is 1.80. The monoisotopic (exact) mass is 339 g/mol. The molecule has 1 aromatic heterocycles. The molecule has 0 aliphatic carbocycles. The molecule has 0 bridgehead atoms. The summed E-state index contributed by atoms with van der Waals surface area (Å²) in [4.78, 5) is 32.6. The van der Waals surface area contributed by atoms with E-state index in [1.165, 1.54) is 0 Å². The van der Waals surface area contributed by atoms with Crippen LogP contribution in [0.4, 0.5) is 9.93 Å². The third-order valence-corrected chi connectivity index (χ3v) is 4.49. The van der Waals surface area contributed by atoms with E-state index in [-0.39, 0.29) is 17.5 Å². The fourth-order valence-corrected chi connectivity index (χ4v) is 3.12. The summed E-state index contributed by atoms with van der Waals surface area (Å²) < 4.78 is 0. The van der Waals surface area contributed by atoms with E-state index < -0.39 is 6.03 Å². The zero-order valence-corrected chi connectivity index (χ0v) is 14.9. The SMILES string of the molecule is CC(C(=O)NC(=O)NC(C)(C)C)N1CCN(c2nccs2)CC1. The van der Waals surface area contributed by atoms with Crippen LogP contribution in [0.1, 0.15) is 27.7 Å². The first kappa shape index (κ1) is 17.7. The summed E-state index contributed by atoms with van der Waals surface area (Å²) in [6, 6.07) is -0.782. The smallest absolute Gasteiger partial charge is 0.321 e. The number of anilines is 1. The first-order valence-corrected chi connectivity index (χ1v) is 8.66. The average Bonchev–Trinajstić information content (AvgIpc) is 2.98. The molecule has 1 aliphatic heterocycles. The van der Waals surface area contributed by atoms with Crippen LogP contribution in [0.25, 0.3) is 0 Å². The van der Waals surface area contributed by atoms with Gasteiger partial charge in [-0.2, -0.15) is 0 Å². The lowest BCUT2D eigenvalue weighted by molar-refractivity contribution is -0.124. The number of carbonyl (C=O) groups excluding carboxylic acids is 2. The number of rotatable bonds is 3. The molecule has 1 saturated heterocycles. The third kappa shape index (κ3) is 5.18. The Hall–Kier alpha value is -1.67. The highest BCUT2D eigenvalue weighted by molar-refractivity contribution is 7.13. The van der Waals surface area contributed by atoms with Crippen LogP contribution >= 0.6 is 11.3 Å². The number of hydrogen-bond acceptors (Lipinski definition) is 6. The highest BCUT2D eigenvalue weighted by atomic mass is 32.1. The predicted molar refractivity (Wildman–Crippen MR) is 91.8 cm³/mol. The molecule has 0 spiro atoms. The van der Waals surface area contributed by atoms with Crippen molar-refractivity contribution in [2.75, 3.05) is 31.1 Å². The van der Waals surface area contributed by atoms with E-state index in [0.29, 0.717) is 0 Å². The van der Waals surface area contributed by atoms with E-state index in [1.807, 2.05) is 33.1 Å². The number of piperazine rings is 1. The molecule has 2 N–H and O–H groups in total. The molecule has 1 aromatic rings. The van der Waals surface area contributed by atoms with E-state index in [4.69, 9.17) is 0 Å². The number of carbonyl (C=O) groups is 2. The van der Waals surface area contributed by atoms with E-state index in [1.54, 1.807) is 17.5 Å². The second-order valence-corrected chi connectivity index (χ2v) is 7.58. The van der Waals surface area contributed by atoms with Crippen LogP contribution < -0.4 is 15.5 Å². The Labute approximate surface area is 141 Å². The van der Waals surface area contributed by atoms with Gasteiger partial charge in [0, 0.05) is 43.3 Å². The van der Waals surface area contributed by atoms with Crippen LogP contribution in [0.15, 0.2) is 11.6 Å². The predicted octanol–water partition coefficient (Wildman–Crippen LogP) is 1.28. The highest BCUT2D eigenvalue weighted by Crippen LogP contribution is 2.19. The van der Waals surface area contributed by atoms with Crippen molar-refractivity contribution >= 4 is 28.4 Å². The van der Waals surface area contributed by atoms with Crippen LogP contribution in [0.2, 0.25) is 0 Å². The van der Waals surface area contributed by atoms with Crippen molar-refractivity contribution in [1.82, 2.24) is 20.5 Å². The normalized spacial score (nSPS) is 17.7. The molecule has 3 amide bonds. The lowest BCUT2D eigenvalue weighted by Gasteiger charge is -2.37. The quantitative estimate of drug-likeness (QED) is 0.867. The van der Waals surface area contributed by atoms with Crippen molar-refractivity contribution in [3.05, 3.63) is 11.6 Å². The topological polar surface area (TPSA) is 77.6 Å². The van der Waals surface area contributed by atoms with Crippen molar-refractivity contribution < 1.29 is 9.59 Å². The molecule has 1 unspecified atom stereocenters. The van der Waals surface area contributed by atoms with Gasteiger partial charge in [0.2, 0.25) is 5.91 Å². The molecule has 2 heterocycles. The number of aromatic nitrogens is 1. The summed E-state index contributed by atoms with van der Waals surface area (Å²) in [5.41, 5.74) is -0.368. The Bertz CT molecular complexity index is 533.